The number of rotatable bonds is 5. The molecule has 1 fully saturated rings. The fourth-order valence-electron chi connectivity index (χ4n) is 4.52. The molecule has 2 aliphatic rings. The topological polar surface area (TPSA) is 33.3 Å². The predicted molar refractivity (Wildman–Crippen MR) is 103 cm³/mol. The molecule has 0 saturated carbocycles. The van der Waals surface area contributed by atoms with Gasteiger partial charge in [-0.25, -0.2) is 0 Å². The van der Waals surface area contributed by atoms with Crippen molar-refractivity contribution in [3.63, 3.8) is 0 Å². The summed E-state index contributed by atoms with van der Waals surface area (Å²) in [6, 6.07) is 14.1. The Labute approximate surface area is 163 Å². The minimum Gasteiger partial charge on any atom is -0.496 e. The van der Waals surface area contributed by atoms with Crippen molar-refractivity contribution in [2.24, 2.45) is 0 Å². The average molecular weight is 390 g/mol. The number of hydrogen-bond donors (Lipinski definition) is 2. The first-order valence-corrected chi connectivity index (χ1v) is 9.75. The molecule has 0 aromatic heterocycles. The summed E-state index contributed by atoms with van der Waals surface area (Å²) in [5.74, 6) is -0.700. The zero-order valence-electron chi connectivity index (χ0n) is 15.9. The van der Waals surface area contributed by atoms with Gasteiger partial charge in [0.25, 0.3) is 0 Å². The van der Waals surface area contributed by atoms with Crippen LogP contribution in [0.3, 0.4) is 0 Å². The van der Waals surface area contributed by atoms with E-state index in [4.69, 9.17) is 4.74 Å². The number of methoxy groups -OCH3 is 1. The molecule has 0 bridgehead atoms. The molecule has 3 atom stereocenters. The highest BCUT2D eigenvalue weighted by atomic mass is 19.4. The Bertz CT molecular complexity index is 823. The first kappa shape index (κ1) is 19.3. The standard InChI is InChI=1S/C22H25F3N2O/c1-28-20-12-15-7-8-18(22(23,24)25)17(15)11-16(20)13-27-19-9-10-26-21(19)14-5-3-2-4-6-14/h2-6,11-12,18-19,21,26-27H,7-10,13H2,1H3/t18?,19-,21-/m0/s1. The SMILES string of the molecule is COc1cc2c(cc1CN[C@H]1CCN[C@H]1c1ccccc1)C(C(F)(F)F)CC2. The zero-order chi connectivity index (χ0) is 19.7. The van der Waals surface area contributed by atoms with Crippen molar-refractivity contribution in [2.75, 3.05) is 13.7 Å². The van der Waals surface area contributed by atoms with Crippen LogP contribution in [0.15, 0.2) is 42.5 Å². The maximum atomic E-state index is 13.4. The molecule has 6 heteroatoms. The molecule has 1 heterocycles. The van der Waals surface area contributed by atoms with Gasteiger partial charge in [-0.3, -0.25) is 0 Å². The molecule has 0 radical (unpaired) electrons. The number of nitrogens with one attached hydrogen (secondary N) is 2. The lowest BCUT2D eigenvalue weighted by Gasteiger charge is -2.23. The molecule has 1 saturated heterocycles. The lowest BCUT2D eigenvalue weighted by molar-refractivity contribution is -0.149. The summed E-state index contributed by atoms with van der Waals surface area (Å²) >= 11 is 0. The number of alkyl halides is 3. The lowest BCUT2D eigenvalue weighted by atomic mass is 9.97. The molecule has 0 spiro atoms. The van der Waals surface area contributed by atoms with E-state index in [1.165, 1.54) is 5.56 Å². The third-order valence-electron chi connectivity index (χ3n) is 5.95. The highest BCUT2D eigenvalue weighted by Gasteiger charge is 2.44. The maximum Gasteiger partial charge on any atom is 0.395 e. The van der Waals surface area contributed by atoms with Gasteiger partial charge in [0.15, 0.2) is 0 Å². The van der Waals surface area contributed by atoms with E-state index in [0.717, 1.165) is 24.1 Å². The number of halogens is 3. The predicted octanol–water partition coefficient (Wildman–Crippen LogP) is 4.48. The number of benzene rings is 2. The van der Waals surface area contributed by atoms with Crippen LogP contribution in [0.5, 0.6) is 5.75 Å². The van der Waals surface area contributed by atoms with Crippen LogP contribution in [0.1, 0.15) is 47.1 Å². The van der Waals surface area contributed by atoms with Crippen LogP contribution in [0.2, 0.25) is 0 Å². The van der Waals surface area contributed by atoms with Gasteiger partial charge in [0.05, 0.1) is 13.0 Å². The van der Waals surface area contributed by atoms with Gasteiger partial charge in [0.1, 0.15) is 5.75 Å². The van der Waals surface area contributed by atoms with Crippen LogP contribution in [-0.4, -0.2) is 25.9 Å². The first-order valence-electron chi connectivity index (χ1n) is 9.75. The van der Waals surface area contributed by atoms with Crippen LogP contribution in [0.4, 0.5) is 13.2 Å². The molecule has 1 aliphatic heterocycles. The van der Waals surface area contributed by atoms with Gasteiger partial charge in [-0.1, -0.05) is 30.3 Å². The average Bonchev–Trinajstić information content (AvgIpc) is 3.32. The van der Waals surface area contributed by atoms with Crippen molar-refractivity contribution in [1.29, 1.82) is 0 Å². The van der Waals surface area contributed by atoms with E-state index in [9.17, 15) is 13.2 Å². The molecule has 2 aromatic rings. The molecule has 28 heavy (non-hydrogen) atoms. The number of ether oxygens (including phenoxy) is 1. The van der Waals surface area contributed by atoms with Crippen molar-refractivity contribution in [3.05, 3.63) is 64.7 Å². The smallest absolute Gasteiger partial charge is 0.395 e. The molecule has 150 valence electrons. The second-order valence-electron chi connectivity index (χ2n) is 7.61. The minimum absolute atomic E-state index is 0.126. The number of fused-ring (bicyclic) bond motifs is 1. The van der Waals surface area contributed by atoms with Gasteiger partial charge in [-0.05, 0) is 54.6 Å². The van der Waals surface area contributed by atoms with Gasteiger partial charge in [0, 0.05) is 24.2 Å². The first-order chi connectivity index (χ1) is 13.5. The van der Waals surface area contributed by atoms with Gasteiger partial charge in [0.2, 0.25) is 0 Å². The van der Waals surface area contributed by atoms with Gasteiger partial charge in [-0.15, -0.1) is 0 Å². The summed E-state index contributed by atoms with van der Waals surface area (Å²) in [4.78, 5) is 0. The van der Waals surface area contributed by atoms with E-state index < -0.39 is 12.1 Å². The second-order valence-corrected chi connectivity index (χ2v) is 7.61. The van der Waals surface area contributed by atoms with Crippen LogP contribution in [0, 0.1) is 0 Å². The summed E-state index contributed by atoms with van der Waals surface area (Å²) in [6.45, 7) is 1.39. The van der Waals surface area contributed by atoms with E-state index in [-0.39, 0.29) is 18.5 Å². The Hall–Kier alpha value is -2.05. The minimum atomic E-state index is -4.20. The van der Waals surface area contributed by atoms with Crippen molar-refractivity contribution < 1.29 is 17.9 Å². The summed E-state index contributed by atoms with van der Waals surface area (Å²) in [7, 11) is 1.57. The van der Waals surface area contributed by atoms with E-state index in [1.807, 2.05) is 18.2 Å². The Balaban J connectivity index is 1.53. The largest absolute Gasteiger partial charge is 0.496 e. The van der Waals surface area contributed by atoms with Crippen LogP contribution >= 0.6 is 0 Å². The maximum absolute atomic E-state index is 13.4. The van der Waals surface area contributed by atoms with Crippen molar-refractivity contribution in [2.45, 2.75) is 50.0 Å². The Morgan fingerprint density at radius 3 is 2.64 bits per heavy atom. The van der Waals surface area contributed by atoms with Crippen molar-refractivity contribution >= 4 is 0 Å². The fourth-order valence-corrected chi connectivity index (χ4v) is 4.52. The van der Waals surface area contributed by atoms with Gasteiger partial charge in [-0.2, -0.15) is 13.2 Å². The van der Waals surface area contributed by atoms with Crippen LogP contribution in [0.25, 0.3) is 0 Å². The molecular formula is C22H25F3N2O. The van der Waals surface area contributed by atoms with Crippen molar-refractivity contribution in [3.8, 4) is 5.75 Å². The molecule has 3 nitrogen and oxygen atoms in total. The van der Waals surface area contributed by atoms with E-state index in [0.29, 0.717) is 24.3 Å². The van der Waals surface area contributed by atoms with Crippen molar-refractivity contribution in [1.82, 2.24) is 10.6 Å². The van der Waals surface area contributed by atoms with Crippen LogP contribution in [-0.2, 0) is 13.0 Å². The van der Waals surface area contributed by atoms with E-state index in [1.54, 1.807) is 19.2 Å². The lowest BCUT2D eigenvalue weighted by Crippen LogP contribution is -2.34. The molecule has 4 rings (SSSR count). The third kappa shape index (κ3) is 3.76. The normalized spacial score (nSPS) is 24.4. The highest BCUT2D eigenvalue weighted by Crippen LogP contribution is 2.46. The van der Waals surface area contributed by atoms with Gasteiger partial charge < -0.3 is 15.4 Å². The Morgan fingerprint density at radius 1 is 1.14 bits per heavy atom. The molecule has 1 aliphatic carbocycles. The number of hydrogen-bond acceptors (Lipinski definition) is 3. The summed E-state index contributed by atoms with van der Waals surface area (Å²) < 4.78 is 45.6. The second kappa shape index (κ2) is 7.76. The summed E-state index contributed by atoms with van der Waals surface area (Å²) in [5, 5.41) is 7.06. The third-order valence-corrected chi connectivity index (χ3v) is 5.95. The molecule has 1 unspecified atom stereocenters. The number of aryl methyl sites for hydroxylation is 1. The summed E-state index contributed by atoms with van der Waals surface area (Å²) in [5.41, 5.74) is 3.17. The zero-order valence-corrected chi connectivity index (χ0v) is 15.9. The Morgan fingerprint density at radius 2 is 1.93 bits per heavy atom. The highest BCUT2D eigenvalue weighted by molar-refractivity contribution is 5.47. The van der Waals surface area contributed by atoms with Crippen LogP contribution < -0.4 is 15.4 Å². The quantitative estimate of drug-likeness (QED) is 0.790. The Kier molecular flexibility index (Phi) is 5.34. The van der Waals surface area contributed by atoms with E-state index in [2.05, 4.69) is 22.8 Å². The molecule has 2 N–H and O–H groups in total. The summed E-state index contributed by atoms with van der Waals surface area (Å²) in [6.07, 6.45) is -2.65. The van der Waals surface area contributed by atoms with Gasteiger partial charge >= 0.3 is 6.18 Å². The monoisotopic (exact) mass is 390 g/mol. The fraction of sp³-hybridized carbons (Fsp3) is 0.455. The molecular weight excluding hydrogens is 365 g/mol. The van der Waals surface area contributed by atoms with E-state index >= 15 is 0 Å². The molecule has 0 amide bonds. The molecule has 2 aromatic carbocycles.